The first-order valence-corrected chi connectivity index (χ1v) is 5.79. The molecule has 1 aromatic carbocycles. The van der Waals surface area contributed by atoms with E-state index in [0.717, 1.165) is 24.2 Å². The molecule has 1 aliphatic carbocycles. The Bertz CT molecular complexity index is 459. The molecule has 0 heterocycles. The predicted octanol–water partition coefficient (Wildman–Crippen LogP) is 2.05. The van der Waals surface area contributed by atoms with Crippen LogP contribution in [0.25, 0.3) is 0 Å². The van der Waals surface area contributed by atoms with E-state index in [0.29, 0.717) is 5.75 Å². The number of hydrogen-bond acceptors (Lipinski definition) is 4. The Morgan fingerprint density at radius 1 is 1.22 bits per heavy atom. The minimum atomic E-state index is -0.414. The fraction of sp³-hybridized carbons (Fsp3) is 0.462. The summed E-state index contributed by atoms with van der Waals surface area (Å²) in [4.78, 5) is 11.3. The average molecular weight is 251 g/mol. The summed E-state index contributed by atoms with van der Waals surface area (Å²) in [5, 5.41) is 2.82. The van der Waals surface area contributed by atoms with Crippen LogP contribution in [0.4, 0.5) is 4.79 Å². The topological polar surface area (TPSA) is 56.8 Å². The summed E-state index contributed by atoms with van der Waals surface area (Å²) < 4.78 is 15.2. The van der Waals surface area contributed by atoms with Crippen molar-refractivity contribution in [2.75, 3.05) is 21.3 Å². The Morgan fingerprint density at radius 3 is 2.50 bits per heavy atom. The molecule has 1 unspecified atom stereocenters. The molecule has 0 aliphatic heterocycles. The highest BCUT2D eigenvalue weighted by molar-refractivity contribution is 5.68. The van der Waals surface area contributed by atoms with E-state index in [1.54, 1.807) is 14.2 Å². The molecule has 1 N–H and O–H groups in total. The van der Waals surface area contributed by atoms with Gasteiger partial charge in [0.2, 0.25) is 0 Å². The Labute approximate surface area is 106 Å². The van der Waals surface area contributed by atoms with Gasteiger partial charge < -0.3 is 19.5 Å². The van der Waals surface area contributed by atoms with Gasteiger partial charge in [0, 0.05) is 0 Å². The lowest BCUT2D eigenvalue weighted by Gasteiger charge is -2.15. The monoisotopic (exact) mass is 251 g/mol. The van der Waals surface area contributed by atoms with Crippen LogP contribution in [0.3, 0.4) is 0 Å². The maximum absolute atomic E-state index is 11.3. The van der Waals surface area contributed by atoms with Gasteiger partial charge in [0.05, 0.1) is 27.4 Å². The molecule has 0 bridgehead atoms. The second-order valence-corrected chi connectivity index (χ2v) is 4.13. The smallest absolute Gasteiger partial charge is 0.407 e. The van der Waals surface area contributed by atoms with E-state index in [1.807, 2.05) is 12.1 Å². The molecular formula is C13H17NO4. The maximum Gasteiger partial charge on any atom is 0.407 e. The van der Waals surface area contributed by atoms with Crippen LogP contribution >= 0.6 is 0 Å². The van der Waals surface area contributed by atoms with Crippen LogP contribution in [0.1, 0.15) is 23.6 Å². The number of hydrogen-bond donors (Lipinski definition) is 1. The van der Waals surface area contributed by atoms with Crippen molar-refractivity contribution in [2.24, 2.45) is 0 Å². The molecule has 1 amide bonds. The summed E-state index contributed by atoms with van der Waals surface area (Å²) in [6, 6.07) is 3.86. The van der Waals surface area contributed by atoms with Crippen molar-refractivity contribution in [1.29, 1.82) is 0 Å². The van der Waals surface area contributed by atoms with Gasteiger partial charge in [0.1, 0.15) is 0 Å². The maximum atomic E-state index is 11.3. The van der Waals surface area contributed by atoms with Crippen molar-refractivity contribution in [3.63, 3.8) is 0 Å². The fourth-order valence-corrected chi connectivity index (χ4v) is 2.28. The number of rotatable bonds is 3. The number of fused-ring (bicyclic) bond motifs is 1. The van der Waals surface area contributed by atoms with E-state index in [1.165, 1.54) is 12.7 Å². The van der Waals surface area contributed by atoms with Crippen molar-refractivity contribution >= 4 is 6.09 Å². The number of carbonyl (C=O) groups is 1. The number of methoxy groups -OCH3 is 3. The van der Waals surface area contributed by atoms with E-state index >= 15 is 0 Å². The summed E-state index contributed by atoms with van der Waals surface area (Å²) in [6.45, 7) is 0. The van der Waals surface area contributed by atoms with E-state index in [2.05, 4.69) is 10.1 Å². The van der Waals surface area contributed by atoms with Crippen LogP contribution in [-0.2, 0) is 11.2 Å². The molecule has 1 atom stereocenters. The van der Waals surface area contributed by atoms with Crippen molar-refractivity contribution in [1.82, 2.24) is 5.32 Å². The Morgan fingerprint density at radius 2 is 1.89 bits per heavy atom. The highest BCUT2D eigenvalue weighted by atomic mass is 16.5. The number of nitrogens with one attached hydrogen (secondary N) is 1. The highest BCUT2D eigenvalue weighted by Crippen LogP contribution is 2.39. The largest absolute Gasteiger partial charge is 0.493 e. The van der Waals surface area contributed by atoms with Crippen LogP contribution in [0, 0.1) is 0 Å². The second kappa shape index (κ2) is 5.16. The quantitative estimate of drug-likeness (QED) is 0.893. The van der Waals surface area contributed by atoms with Crippen LogP contribution in [0.2, 0.25) is 0 Å². The van der Waals surface area contributed by atoms with Crippen LogP contribution in [0.5, 0.6) is 11.5 Å². The third-order valence-corrected chi connectivity index (χ3v) is 3.20. The molecule has 18 heavy (non-hydrogen) atoms. The SMILES string of the molecule is COC(=O)NC1CCc2cc(OC)c(OC)cc21. The number of ether oxygens (including phenoxy) is 3. The number of aryl methyl sites for hydroxylation is 1. The number of alkyl carbamates (subject to hydrolysis) is 1. The van der Waals surface area contributed by atoms with Crippen LogP contribution in [-0.4, -0.2) is 27.4 Å². The third-order valence-electron chi connectivity index (χ3n) is 3.20. The number of benzene rings is 1. The zero-order chi connectivity index (χ0) is 13.1. The van der Waals surface area contributed by atoms with E-state index in [4.69, 9.17) is 9.47 Å². The second-order valence-electron chi connectivity index (χ2n) is 4.13. The van der Waals surface area contributed by atoms with Crippen LogP contribution in [0.15, 0.2) is 12.1 Å². The molecule has 1 aromatic rings. The molecule has 0 fully saturated rings. The van der Waals surface area contributed by atoms with Gasteiger partial charge in [0.15, 0.2) is 11.5 Å². The summed E-state index contributed by atoms with van der Waals surface area (Å²) in [5.74, 6) is 1.39. The van der Waals surface area contributed by atoms with Crippen molar-refractivity contribution in [2.45, 2.75) is 18.9 Å². The van der Waals surface area contributed by atoms with E-state index < -0.39 is 6.09 Å². The first kappa shape index (κ1) is 12.5. The molecule has 0 saturated carbocycles. The zero-order valence-electron chi connectivity index (χ0n) is 10.8. The Kier molecular flexibility index (Phi) is 3.60. The molecule has 5 heteroatoms. The first-order valence-electron chi connectivity index (χ1n) is 5.79. The number of carbonyl (C=O) groups excluding carboxylic acids is 1. The molecule has 5 nitrogen and oxygen atoms in total. The molecule has 0 radical (unpaired) electrons. The summed E-state index contributed by atoms with van der Waals surface area (Å²) in [5.41, 5.74) is 2.24. The molecule has 1 aliphatic rings. The van der Waals surface area contributed by atoms with Gasteiger partial charge in [-0.1, -0.05) is 0 Å². The zero-order valence-corrected chi connectivity index (χ0v) is 10.8. The van der Waals surface area contributed by atoms with Gasteiger partial charge in [-0.05, 0) is 36.1 Å². The molecule has 0 saturated heterocycles. The molecule has 2 rings (SSSR count). The van der Waals surface area contributed by atoms with E-state index in [9.17, 15) is 4.79 Å². The van der Waals surface area contributed by atoms with Gasteiger partial charge in [-0.2, -0.15) is 0 Å². The average Bonchev–Trinajstić information content (AvgIpc) is 2.79. The minimum Gasteiger partial charge on any atom is -0.493 e. The van der Waals surface area contributed by atoms with Gasteiger partial charge >= 0.3 is 6.09 Å². The predicted molar refractivity (Wildman–Crippen MR) is 66.1 cm³/mol. The molecular weight excluding hydrogens is 234 g/mol. The summed E-state index contributed by atoms with van der Waals surface area (Å²) in [7, 11) is 4.57. The highest BCUT2D eigenvalue weighted by Gasteiger charge is 2.26. The minimum absolute atomic E-state index is 0.0211. The van der Waals surface area contributed by atoms with Crippen molar-refractivity contribution in [3.05, 3.63) is 23.3 Å². The fourth-order valence-electron chi connectivity index (χ4n) is 2.28. The van der Waals surface area contributed by atoms with Crippen molar-refractivity contribution < 1.29 is 19.0 Å². The Balaban J connectivity index is 2.29. The summed E-state index contributed by atoms with van der Waals surface area (Å²) in [6.07, 6.45) is 1.35. The lowest BCUT2D eigenvalue weighted by atomic mass is 10.1. The molecule has 98 valence electrons. The molecule has 0 aromatic heterocycles. The lowest BCUT2D eigenvalue weighted by Crippen LogP contribution is -2.26. The van der Waals surface area contributed by atoms with Gasteiger partial charge in [-0.3, -0.25) is 0 Å². The van der Waals surface area contributed by atoms with E-state index in [-0.39, 0.29) is 6.04 Å². The van der Waals surface area contributed by atoms with Gasteiger partial charge in [0.25, 0.3) is 0 Å². The van der Waals surface area contributed by atoms with Gasteiger partial charge in [-0.15, -0.1) is 0 Å². The normalized spacial score (nSPS) is 16.9. The number of amides is 1. The summed E-state index contributed by atoms with van der Waals surface area (Å²) >= 11 is 0. The molecule has 0 spiro atoms. The van der Waals surface area contributed by atoms with Crippen LogP contribution < -0.4 is 14.8 Å². The van der Waals surface area contributed by atoms with Gasteiger partial charge in [-0.25, -0.2) is 4.79 Å². The lowest BCUT2D eigenvalue weighted by molar-refractivity contribution is 0.166. The third kappa shape index (κ3) is 2.20. The first-order chi connectivity index (χ1) is 8.69. The van der Waals surface area contributed by atoms with Crippen molar-refractivity contribution in [3.8, 4) is 11.5 Å². The standard InChI is InChI=1S/C13H17NO4/c1-16-11-6-8-4-5-10(14-13(15)18-3)9(8)7-12(11)17-2/h6-7,10H,4-5H2,1-3H3,(H,14,15). The Hall–Kier alpha value is -1.91.